The maximum atomic E-state index is 12.2. The summed E-state index contributed by atoms with van der Waals surface area (Å²) in [5, 5.41) is 3.39. The van der Waals surface area contributed by atoms with Crippen LogP contribution in [0.3, 0.4) is 0 Å². The van der Waals surface area contributed by atoms with Crippen molar-refractivity contribution in [2.24, 2.45) is 11.1 Å². The summed E-state index contributed by atoms with van der Waals surface area (Å²) in [7, 11) is 0. The van der Waals surface area contributed by atoms with E-state index in [9.17, 15) is 4.79 Å². The molecule has 0 radical (unpaired) electrons. The molecule has 1 aromatic rings. The van der Waals surface area contributed by atoms with Gasteiger partial charge in [-0.1, -0.05) is 37.6 Å². The van der Waals surface area contributed by atoms with Crippen molar-refractivity contribution in [3.63, 3.8) is 0 Å². The van der Waals surface area contributed by atoms with Crippen molar-refractivity contribution in [3.8, 4) is 0 Å². The number of nitrogens with zero attached hydrogens (tertiary/aromatic N) is 1. The minimum atomic E-state index is -0.118. The van der Waals surface area contributed by atoms with Gasteiger partial charge in [-0.3, -0.25) is 0 Å². The van der Waals surface area contributed by atoms with Gasteiger partial charge < -0.3 is 16.0 Å². The van der Waals surface area contributed by atoms with Crippen LogP contribution < -0.4 is 11.1 Å². The highest BCUT2D eigenvalue weighted by Gasteiger charge is 2.35. The van der Waals surface area contributed by atoms with Crippen molar-refractivity contribution in [1.82, 2.24) is 4.90 Å². The van der Waals surface area contributed by atoms with Gasteiger partial charge in [-0.05, 0) is 24.0 Å². The Kier molecular flexibility index (Phi) is 4.02. The van der Waals surface area contributed by atoms with Crippen molar-refractivity contribution >= 4 is 23.3 Å². The number of para-hydroxylation sites is 1. The van der Waals surface area contributed by atoms with Gasteiger partial charge in [0, 0.05) is 19.1 Å². The second-order valence-electron chi connectivity index (χ2n) is 5.72. The Labute approximate surface area is 118 Å². The molecule has 1 unspecified atom stereocenters. The van der Waals surface area contributed by atoms with Gasteiger partial charge in [0.1, 0.15) is 0 Å². The molecule has 1 aromatic carbocycles. The van der Waals surface area contributed by atoms with Gasteiger partial charge in [-0.2, -0.15) is 0 Å². The van der Waals surface area contributed by atoms with Gasteiger partial charge in [-0.25, -0.2) is 4.79 Å². The lowest BCUT2D eigenvalue weighted by molar-refractivity contribution is 0.118. The Balaban J connectivity index is 2.03. The first-order valence-corrected chi connectivity index (χ1v) is 6.84. The number of rotatable bonds is 1. The van der Waals surface area contributed by atoms with E-state index in [1.54, 1.807) is 17.0 Å². The van der Waals surface area contributed by atoms with Gasteiger partial charge in [0.25, 0.3) is 0 Å². The summed E-state index contributed by atoms with van der Waals surface area (Å²) in [6.45, 7) is 5.52. The summed E-state index contributed by atoms with van der Waals surface area (Å²) >= 11 is 6.03. The monoisotopic (exact) mass is 281 g/mol. The summed E-state index contributed by atoms with van der Waals surface area (Å²) in [5.74, 6) is 0. The molecule has 0 aromatic heterocycles. The van der Waals surface area contributed by atoms with Crippen LogP contribution in [0.1, 0.15) is 20.3 Å². The van der Waals surface area contributed by atoms with Gasteiger partial charge in [0.15, 0.2) is 0 Å². The number of hydrogen-bond donors (Lipinski definition) is 2. The molecule has 1 heterocycles. The highest BCUT2D eigenvalue weighted by atomic mass is 35.5. The van der Waals surface area contributed by atoms with E-state index in [1.807, 2.05) is 12.1 Å². The molecule has 4 nitrogen and oxygen atoms in total. The van der Waals surface area contributed by atoms with Crippen LogP contribution in [-0.2, 0) is 0 Å². The molecule has 5 heteroatoms. The first kappa shape index (κ1) is 14.2. The van der Waals surface area contributed by atoms with Crippen molar-refractivity contribution in [2.75, 3.05) is 18.4 Å². The van der Waals surface area contributed by atoms with E-state index < -0.39 is 0 Å². The van der Waals surface area contributed by atoms with Crippen LogP contribution in [0.25, 0.3) is 0 Å². The maximum absolute atomic E-state index is 12.2. The predicted octanol–water partition coefficient (Wildman–Crippen LogP) is 2.93. The fraction of sp³-hybridized carbons (Fsp3) is 0.500. The average Bonchev–Trinajstić information content (AvgIpc) is 2.35. The number of nitrogens with one attached hydrogen (secondary N) is 1. The minimum absolute atomic E-state index is 0.0595. The van der Waals surface area contributed by atoms with Crippen LogP contribution in [0.15, 0.2) is 24.3 Å². The van der Waals surface area contributed by atoms with Crippen LogP contribution in [0.2, 0.25) is 5.02 Å². The van der Waals surface area contributed by atoms with Crippen LogP contribution in [-0.4, -0.2) is 30.1 Å². The molecule has 3 N–H and O–H groups in total. The summed E-state index contributed by atoms with van der Waals surface area (Å²) in [6, 6.07) is 7.25. The average molecular weight is 282 g/mol. The smallest absolute Gasteiger partial charge is 0.321 e. The number of amides is 2. The summed E-state index contributed by atoms with van der Waals surface area (Å²) in [5.41, 5.74) is 6.65. The van der Waals surface area contributed by atoms with E-state index in [1.165, 1.54) is 0 Å². The Morgan fingerprint density at radius 2 is 2.16 bits per heavy atom. The third-order valence-corrected chi connectivity index (χ3v) is 4.04. The van der Waals surface area contributed by atoms with Crippen molar-refractivity contribution in [3.05, 3.63) is 29.3 Å². The normalized spacial score (nSPS) is 22.1. The highest BCUT2D eigenvalue weighted by molar-refractivity contribution is 6.33. The lowest BCUT2D eigenvalue weighted by atomic mass is 9.80. The number of carbonyl (C=O) groups excluding carboxylic acids is 1. The summed E-state index contributed by atoms with van der Waals surface area (Å²) < 4.78 is 0. The third kappa shape index (κ3) is 3.19. The van der Waals surface area contributed by atoms with Crippen molar-refractivity contribution < 1.29 is 4.79 Å². The van der Waals surface area contributed by atoms with Crippen molar-refractivity contribution in [1.29, 1.82) is 0 Å². The zero-order chi connectivity index (χ0) is 14.0. The van der Waals surface area contributed by atoms with Crippen LogP contribution in [0, 0.1) is 5.41 Å². The van der Waals surface area contributed by atoms with Crippen LogP contribution in [0.5, 0.6) is 0 Å². The molecule has 0 bridgehead atoms. The number of piperidine rings is 1. The van der Waals surface area contributed by atoms with Gasteiger partial charge >= 0.3 is 6.03 Å². The molecule has 1 saturated heterocycles. The molecule has 1 aliphatic rings. The quantitative estimate of drug-likeness (QED) is 0.831. The number of anilines is 1. The Hall–Kier alpha value is -1.26. The predicted molar refractivity (Wildman–Crippen MR) is 78.4 cm³/mol. The molecule has 1 atom stereocenters. The number of benzene rings is 1. The van der Waals surface area contributed by atoms with E-state index in [0.29, 0.717) is 23.8 Å². The van der Waals surface area contributed by atoms with Crippen LogP contribution in [0.4, 0.5) is 10.5 Å². The van der Waals surface area contributed by atoms with Gasteiger partial charge in [0.05, 0.1) is 10.7 Å². The number of urea groups is 1. The number of carbonyl (C=O) groups is 1. The molecule has 19 heavy (non-hydrogen) atoms. The topological polar surface area (TPSA) is 58.4 Å². The molecule has 0 aliphatic carbocycles. The fourth-order valence-corrected chi connectivity index (χ4v) is 2.49. The SMILES string of the molecule is CC1(C)CN(C(=O)Nc2ccccc2Cl)CCC1N. The highest BCUT2D eigenvalue weighted by Crippen LogP contribution is 2.28. The standard InChI is InChI=1S/C14H20ClN3O/c1-14(2)9-18(8-7-12(14)16)13(19)17-11-6-4-3-5-10(11)15/h3-6,12H,7-9,16H2,1-2H3,(H,17,19). The van der Waals surface area contributed by atoms with E-state index >= 15 is 0 Å². The summed E-state index contributed by atoms with van der Waals surface area (Å²) in [6.07, 6.45) is 0.822. The molecular weight excluding hydrogens is 262 g/mol. The lowest BCUT2D eigenvalue weighted by Crippen LogP contribution is -2.54. The van der Waals surface area contributed by atoms with Crippen molar-refractivity contribution in [2.45, 2.75) is 26.3 Å². The first-order chi connectivity index (χ1) is 8.90. The Morgan fingerprint density at radius 3 is 2.79 bits per heavy atom. The molecule has 0 saturated carbocycles. The van der Waals surface area contributed by atoms with E-state index in [2.05, 4.69) is 19.2 Å². The minimum Gasteiger partial charge on any atom is -0.327 e. The lowest BCUT2D eigenvalue weighted by Gasteiger charge is -2.42. The Bertz CT molecular complexity index is 476. The van der Waals surface area contributed by atoms with Crippen LogP contribution >= 0.6 is 11.6 Å². The molecule has 0 spiro atoms. The van der Waals surface area contributed by atoms with Gasteiger partial charge in [0.2, 0.25) is 0 Å². The number of halogens is 1. The second kappa shape index (κ2) is 5.39. The largest absolute Gasteiger partial charge is 0.327 e. The molecular formula is C14H20ClN3O. The van der Waals surface area contributed by atoms with Gasteiger partial charge in [-0.15, -0.1) is 0 Å². The zero-order valence-electron chi connectivity index (χ0n) is 11.3. The first-order valence-electron chi connectivity index (χ1n) is 6.46. The number of hydrogen-bond acceptors (Lipinski definition) is 2. The Morgan fingerprint density at radius 1 is 1.47 bits per heavy atom. The molecule has 1 fully saturated rings. The maximum Gasteiger partial charge on any atom is 0.321 e. The summed E-state index contributed by atoms with van der Waals surface area (Å²) in [4.78, 5) is 14.0. The second-order valence-corrected chi connectivity index (χ2v) is 6.12. The fourth-order valence-electron chi connectivity index (χ4n) is 2.30. The van der Waals surface area contributed by atoms with E-state index in [-0.39, 0.29) is 17.5 Å². The molecule has 104 valence electrons. The van der Waals surface area contributed by atoms with E-state index in [0.717, 1.165) is 6.42 Å². The third-order valence-electron chi connectivity index (χ3n) is 3.71. The number of likely N-dealkylation sites (tertiary alicyclic amines) is 1. The number of nitrogens with two attached hydrogens (primary N) is 1. The zero-order valence-corrected chi connectivity index (χ0v) is 12.1. The molecule has 2 amide bonds. The molecule has 1 aliphatic heterocycles. The molecule has 2 rings (SSSR count). The van der Waals surface area contributed by atoms with E-state index in [4.69, 9.17) is 17.3 Å².